The lowest BCUT2D eigenvalue weighted by atomic mass is 10.2. The van der Waals surface area contributed by atoms with Crippen LogP contribution in [-0.4, -0.2) is 10.1 Å². The number of hydrogen-bond donors (Lipinski definition) is 0. The number of hydrogen-bond acceptors (Lipinski definition) is 4. The molecule has 2 aromatic heterocycles. The number of aryl methyl sites for hydroxylation is 2. The fraction of sp³-hybridized carbons (Fsp3) is 0.273. The molecule has 0 atom stereocenters. The summed E-state index contributed by atoms with van der Waals surface area (Å²) in [6.45, 7) is 4.21. The van der Waals surface area contributed by atoms with Crippen LogP contribution in [0.4, 0.5) is 0 Å². The lowest BCUT2D eigenvalue weighted by molar-refractivity contribution is 0.300. The van der Waals surface area contributed by atoms with E-state index in [1.165, 1.54) is 0 Å². The molecular weight excluding hydrogens is 272 g/mol. The van der Waals surface area contributed by atoms with Gasteiger partial charge < -0.3 is 9.26 Å². The van der Waals surface area contributed by atoms with Crippen LogP contribution in [0.1, 0.15) is 17.0 Å². The smallest absolute Gasteiger partial charge is 0.140 e. The molecule has 0 unspecified atom stereocenters. The Morgan fingerprint density at radius 2 is 2.19 bits per heavy atom. The summed E-state index contributed by atoms with van der Waals surface area (Å²) < 4.78 is 11.5. The predicted molar refractivity (Wildman–Crippen MR) is 62.2 cm³/mol. The molecule has 2 rings (SSSR count). The molecule has 0 bridgehead atoms. The monoisotopic (exact) mass is 282 g/mol. The summed E-state index contributed by atoms with van der Waals surface area (Å²) in [6, 6.07) is 1.87. The van der Waals surface area contributed by atoms with Gasteiger partial charge in [-0.2, -0.15) is 0 Å². The molecule has 0 aliphatic rings. The second kappa shape index (κ2) is 4.65. The normalized spacial score (nSPS) is 10.4. The molecule has 0 aliphatic carbocycles. The Kier molecular flexibility index (Phi) is 3.24. The second-order valence-electron chi connectivity index (χ2n) is 3.43. The second-order valence-corrected chi connectivity index (χ2v) is 4.35. The highest BCUT2D eigenvalue weighted by molar-refractivity contribution is 9.10. The van der Waals surface area contributed by atoms with Crippen LogP contribution in [0.5, 0.6) is 5.75 Å². The fourth-order valence-electron chi connectivity index (χ4n) is 1.33. The van der Waals surface area contributed by atoms with Crippen LogP contribution in [0.2, 0.25) is 0 Å². The maximum absolute atomic E-state index is 5.60. The van der Waals surface area contributed by atoms with E-state index in [0.29, 0.717) is 6.61 Å². The van der Waals surface area contributed by atoms with Crippen molar-refractivity contribution in [3.05, 3.63) is 40.0 Å². The fourth-order valence-corrected chi connectivity index (χ4v) is 1.68. The van der Waals surface area contributed by atoms with Crippen molar-refractivity contribution in [3.8, 4) is 5.75 Å². The van der Waals surface area contributed by atoms with E-state index in [4.69, 9.17) is 9.26 Å². The number of rotatable bonds is 3. The molecule has 0 N–H and O–H groups in total. The van der Waals surface area contributed by atoms with Gasteiger partial charge in [-0.15, -0.1) is 0 Å². The summed E-state index contributed by atoms with van der Waals surface area (Å²) in [7, 11) is 0. The Morgan fingerprint density at radius 3 is 2.81 bits per heavy atom. The molecule has 16 heavy (non-hydrogen) atoms. The molecule has 2 heterocycles. The van der Waals surface area contributed by atoms with Crippen molar-refractivity contribution in [2.24, 2.45) is 0 Å². The van der Waals surface area contributed by atoms with Crippen molar-refractivity contribution >= 4 is 15.9 Å². The van der Waals surface area contributed by atoms with Gasteiger partial charge in [-0.05, 0) is 35.8 Å². The van der Waals surface area contributed by atoms with Crippen LogP contribution in [0.15, 0.2) is 27.5 Å². The zero-order valence-electron chi connectivity index (χ0n) is 9.03. The largest absolute Gasteiger partial charge is 0.487 e. The molecule has 0 saturated carbocycles. The van der Waals surface area contributed by atoms with Gasteiger partial charge in [-0.25, -0.2) is 0 Å². The van der Waals surface area contributed by atoms with E-state index in [1.807, 2.05) is 19.9 Å². The quantitative estimate of drug-likeness (QED) is 0.868. The lowest BCUT2D eigenvalue weighted by Crippen LogP contribution is -1.98. The first-order valence-corrected chi connectivity index (χ1v) is 5.61. The number of ether oxygens (including phenoxy) is 1. The van der Waals surface area contributed by atoms with Gasteiger partial charge in [-0.1, -0.05) is 5.16 Å². The predicted octanol–water partition coefficient (Wildman–Crippen LogP) is 3.03. The summed E-state index contributed by atoms with van der Waals surface area (Å²) in [4.78, 5) is 4.02. The zero-order valence-corrected chi connectivity index (χ0v) is 10.6. The van der Waals surface area contributed by atoms with E-state index < -0.39 is 0 Å². The maximum Gasteiger partial charge on any atom is 0.140 e. The SMILES string of the molecule is Cc1noc(C)c1COc1cncc(Br)c1. The summed E-state index contributed by atoms with van der Waals surface area (Å²) in [5.41, 5.74) is 1.85. The van der Waals surface area contributed by atoms with E-state index in [9.17, 15) is 0 Å². The van der Waals surface area contributed by atoms with E-state index in [2.05, 4.69) is 26.1 Å². The molecule has 0 fully saturated rings. The Balaban J connectivity index is 2.08. The molecule has 5 heteroatoms. The molecule has 0 aromatic carbocycles. The van der Waals surface area contributed by atoms with Gasteiger partial charge in [0.2, 0.25) is 0 Å². The minimum atomic E-state index is 0.444. The molecule has 4 nitrogen and oxygen atoms in total. The summed E-state index contributed by atoms with van der Waals surface area (Å²) in [6.07, 6.45) is 3.38. The van der Waals surface area contributed by atoms with Crippen LogP contribution in [-0.2, 0) is 6.61 Å². The first kappa shape index (κ1) is 11.1. The Labute approximate surface area is 102 Å². The van der Waals surface area contributed by atoms with Gasteiger partial charge in [0.25, 0.3) is 0 Å². The third kappa shape index (κ3) is 2.41. The summed E-state index contributed by atoms with van der Waals surface area (Å²) >= 11 is 3.34. The number of halogens is 1. The highest BCUT2D eigenvalue weighted by atomic mass is 79.9. The van der Waals surface area contributed by atoms with Gasteiger partial charge >= 0.3 is 0 Å². The topological polar surface area (TPSA) is 48.2 Å². The molecule has 0 aliphatic heterocycles. The average molecular weight is 283 g/mol. The van der Waals surface area contributed by atoms with E-state index in [-0.39, 0.29) is 0 Å². The highest BCUT2D eigenvalue weighted by Crippen LogP contribution is 2.19. The van der Waals surface area contributed by atoms with Crippen LogP contribution in [0.3, 0.4) is 0 Å². The molecular formula is C11H11BrN2O2. The molecule has 2 aromatic rings. The first-order chi connectivity index (χ1) is 7.66. The van der Waals surface area contributed by atoms with E-state index in [1.54, 1.807) is 12.4 Å². The van der Waals surface area contributed by atoms with Gasteiger partial charge in [0.1, 0.15) is 18.1 Å². The van der Waals surface area contributed by atoms with Crippen molar-refractivity contribution in [2.75, 3.05) is 0 Å². The summed E-state index contributed by atoms with van der Waals surface area (Å²) in [5, 5.41) is 3.87. The maximum atomic E-state index is 5.60. The van der Waals surface area contributed by atoms with Crippen molar-refractivity contribution in [1.29, 1.82) is 0 Å². The van der Waals surface area contributed by atoms with Gasteiger partial charge in [0.05, 0.1) is 17.5 Å². The standard InChI is InChI=1S/C11H11BrN2O2/c1-7-11(8(2)16-14-7)6-15-10-3-9(12)4-13-5-10/h3-5H,6H2,1-2H3. The van der Waals surface area contributed by atoms with Crippen molar-refractivity contribution in [3.63, 3.8) is 0 Å². The first-order valence-electron chi connectivity index (χ1n) is 4.82. The molecule has 0 spiro atoms. The zero-order chi connectivity index (χ0) is 11.5. The van der Waals surface area contributed by atoms with E-state index in [0.717, 1.165) is 27.2 Å². The average Bonchev–Trinajstić information content (AvgIpc) is 2.56. The molecule has 0 saturated heterocycles. The van der Waals surface area contributed by atoms with Crippen LogP contribution < -0.4 is 4.74 Å². The Morgan fingerprint density at radius 1 is 1.38 bits per heavy atom. The third-order valence-electron chi connectivity index (χ3n) is 2.24. The third-order valence-corrected chi connectivity index (χ3v) is 2.68. The van der Waals surface area contributed by atoms with E-state index >= 15 is 0 Å². The van der Waals surface area contributed by atoms with Crippen molar-refractivity contribution < 1.29 is 9.26 Å². The van der Waals surface area contributed by atoms with Gasteiger partial charge in [0, 0.05) is 10.7 Å². The number of aromatic nitrogens is 2. The van der Waals surface area contributed by atoms with Crippen molar-refractivity contribution in [2.45, 2.75) is 20.5 Å². The van der Waals surface area contributed by atoms with Crippen LogP contribution in [0.25, 0.3) is 0 Å². The molecule has 84 valence electrons. The van der Waals surface area contributed by atoms with Crippen LogP contribution >= 0.6 is 15.9 Å². The lowest BCUT2D eigenvalue weighted by Gasteiger charge is -2.05. The minimum Gasteiger partial charge on any atom is -0.487 e. The number of pyridine rings is 1. The van der Waals surface area contributed by atoms with Crippen LogP contribution in [0, 0.1) is 13.8 Å². The highest BCUT2D eigenvalue weighted by Gasteiger charge is 2.09. The van der Waals surface area contributed by atoms with Gasteiger partial charge in [0.15, 0.2) is 0 Å². The van der Waals surface area contributed by atoms with Crippen molar-refractivity contribution in [1.82, 2.24) is 10.1 Å². The molecule has 0 amide bonds. The number of nitrogens with zero attached hydrogens (tertiary/aromatic N) is 2. The minimum absolute atomic E-state index is 0.444. The Hall–Kier alpha value is -1.36. The summed E-state index contributed by atoms with van der Waals surface area (Å²) in [5.74, 6) is 1.51. The Bertz CT molecular complexity index is 477. The van der Waals surface area contributed by atoms with Gasteiger partial charge in [-0.3, -0.25) is 4.98 Å². The molecule has 0 radical (unpaired) electrons.